The van der Waals surface area contributed by atoms with Crippen LogP contribution < -0.4 is 5.43 Å². The third kappa shape index (κ3) is 3.65. The van der Waals surface area contributed by atoms with E-state index in [4.69, 9.17) is 5.11 Å². The summed E-state index contributed by atoms with van der Waals surface area (Å²) in [5, 5.41) is 10.8. The minimum atomic E-state index is -0.576. The Morgan fingerprint density at radius 2 is 1.78 bits per heavy atom. The van der Waals surface area contributed by atoms with Crippen molar-refractivity contribution in [1.82, 2.24) is 5.01 Å². The van der Waals surface area contributed by atoms with Crippen molar-refractivity contribution in [3.8, 4) is 0 Å². The molecule has 0 amide bonds. The van der Waals surface area contributed by atoms with Gasteiger partial charge in [0.05, 0.1) is 5.69 Å². The number of aliphatic hydroxyl groups excluding tert-OH is 1. The Hall–Kier alpha value is -1.20. The Morgan fingerprint density at radius 1 is 1.17 bits per heavy atom. The van der Waals surface area contributed by atoms with Gasteiger partial charge in [0.25, 0.3) is 0 Å². The first kappa shape index (κ1) is 13.2. The van der Waals surface area contributed by atoms with Crippen LogP contribution in [0.25, 0.3) is 0 Å². The van der Waals surface area contributed by atoms with E-state index in [2.05, 4.69) is 5.43 Å². The van der Waals surface area contributed by atoms with Gasteiger partial charge in [-0.15, -0.1) is 0 Å². The number of hydrogen-bond acceptors (Lipinski definition) is 3. The molecule has 3 nitrogen and oxygen atoms in total. The Kier molecular flexibility index (Phi) is 4.49. The number of hydrazine groups is 1. The molecule has 18 heavy (non-hydrogen) atoms. The summed E-state index contributed by atoms with van der Waals surface area (Å²) in [5.74, 6) is -0.599. The van der Waals surface area contributed by atoms with E-state index < -0.39 is 11.6 Å². The van der Waals surface area contributed by atoms with Gasteiger partial charge in [-0.25, -0.2) is 13.8 Å². The maximum atomic E-state index is 13.0. The lowest BCUT2D eigenvalue weighted by Gasteiger charge is -2.32. The zero-order valence-electron chi connectivity index (χ0n) is 10.2. The monoisotopic (exact) mass is 256 g/mol. The number of anilines is 1. The van der Waals surface area contributed by atoms with Crippen molar-refractivity contribution in [2.45, 2.75) is 19.3 Å². The van der Waals surface area contributed by atoms with Gasteiger partial charge in [0.1, 0.15) is 11.6 Å². The third-order valence-corrected chi connectivity index (χ3v) is 3.30. The summed E-state index contributed by atoms with van der Waals surface area (Å²) in [4.78, 5) is 0. The molecule has 0 bridgehead atoms. The predicted molar refractivity (Wildman–Crippen MR) is 66.0 cm³/mol. The van der Waals surface area contributed by atoms with E-state index in [9.17, 15) is 8.78 Å². The van der Waals surface area contributed by atoms with Crippen LogP contribution in [0, 0.1) is 17.6 Å². The third-order valence-electron chi connectivity index (χ3n) is 3.30. The zero-order chi connectivity index (χ0) is 13.0. The lowest BCUT2D eigenvalue weighted by molar-refractivity contribution is 0.179. The Labute approximate surface area is 105 Å². The maximum Gasteiger partial charge on any atom is 0.128 e. The van der Waals surface area contributed by atoms with Gasteiger partial charge in [0, 0.05) is 25.8 Å². The first-order chi connectivity index (χ1) is 8.67. The summed E-state index contributed by atoms with van der Waals surface area (Å²) in [5.41, 5.74) is 3.45. The minimum absolute atomic E-state index is 0.229. The first-order valence-electron chi connectivity index (χ1n) is 6.26. The molecule has 0 spiro atoms. The van der Waals surface area contributed by atoms with Crippen LogP contribution in [0.3, 0.4) is 0 Å². The highest BCUT2D eigenvalue weighted by Crippen LogP contribution is 2.21. The van der Waals surface area contributed by atoms with Crippen LogP contribution in [0.5, 0.6) is 0 Å². The van der Waals surface area contributed by atoms with E-state index in [1.807, 2.05) is 5.01 Å². The van der Waals surface area contributed by atoms with Crippen LogP contribution in [-0.2, 0) is 0 Å². The van der Waals surface area contributed by atoms with Gasteiger partial charge in [-0.3, -0.25) is 0 Å². The molecule has 0 unspecified atom stereocenters. The summed E-state index contributed by atoms with van der Waals surface area (Å²) >= 11 is 0. The molecule has 0 radical (unpaired) electrons. The normalized spacial score (nSPS) is 17.9. The number of aliphatic hydroxyl groups is 1. The van der Waals surface area contributed by atoms with Crippen LogP contribution in [-0.4, -0.2) is 29.8 Å². The van der Waals surface area contributed by atoms with Crippen molar-refractivity contribution in [2.24, 2.45) is 5.92 Å². The van der Waals surface area contributed by atoms with E-state index in [1.165, 1.54) is 12.1 Å². The molecule has 100 valence electrons. The molecule has 0 saturated carbocycles. The second-order valence-electron chi connectivity index (χ2n) is 4.71. The molecule has 1 aliphatic heterocycles. The second kappa shape index (κ2) is 6.11. The molecule has 1 saturated heterocycles. The number of piperidine rings is 1. The largest absolute Gasteiger partial charge is 0.396 e. The highest BCUT2D eigenvalue weighted by atomic mass is 19.1. The fraction of sp³-hybridized carbons (Fsp3) is 0.538. The molecular formula is C13H18F2N2O. The SMILES string of the molecule is OCCC1CCN(Nc2cc(F)cc(F)c2)CC1. The zero-order valence-corrected chi connectivity index (χ0v) is 10.2. The van der Waals surface area contributed by atoms with Crippen LogP contribution in [0.15, 0.2) is 18.2 Å². The quantitative estimate of drug-likeness (QED) is 0.868. The van der Waals surface area contributed by atoms with Crippen LogP contribution in [0.4, 0.5) is 14.5 Å². The van der Waals surface area contributed by atoms with E-state index in [1.54, 1.807) is 0 Å². The van der Waals surface area contributed by atoms with Crippen molar-refractivity contribution in [3.05, 3.63) is 29.8 Å². The van der Waals surface area contributed by atoms with E-state index in [0.717, 1.165) is 38.4 Å². The van der Waals surface area contributed by atoms with E-state index >= 15 is 0 Å². The highest BCUT2D eigenvalue weighted by Gasteiger charge is 2.18. The van der Waals surface area contributed by atoms with Crippen LogP contribution in [0.2, 0.25) is 0 Å². The number of rotatable bonds is 4. The van der Waals surface area contributed by atoms with Gasteiger partial charge in [-0.2, -0.15) is 0 Å². The Bertz CT molecular complexity index is 372. The average molecular weight is 256 g/mol. The van der Waals surface area contributed by atoms with Crippen molar-refractivity contribution >= 4 is 5.69 Å². The molecule has 2 rings (SSSR count). The summed E-state index contributed by atoms with van der Waals surface area (Å²) < 4.78 is 26.0. The summed E-state index contributed by atoms with van der Waals surface area (Å²) in [6.45, 7) is 1.87. The van der Waals surface area contributed by atoms with Crippen molar-refractivity contribution in [1.29, 1.82) is 0 Å². The van der Waals surface area contributed by atoms with Gasteiger partial charge < -0.3 is 10.5 Å². The van der Waals surface area contributed by atoms with Gasteiger partial charge in [0.15, 0.2) is 0 Å². The summed E-state index contributed by atoms with van der Waals surface area (Å²) in [6, 6.07) is 3.42. The topological polar surface area (TPSA) is 35.5 Å². The Balaban J connectivity index is 1.87. The van der Waals surface area contributed by atoms with Crippen molar-refractivity contribution < 1.29 is 13.9 Å². The van der Waals surface area contributed by atoms with Gasteiger partial charge in [-0.05, 0) is 37.3 Å². The fourth-order valence-electron chi connectivity index (χ4n) is 2.32. The molecule has 1 aliphatic rings. The van der Waals surface area contributed by atoms with Crippen molar-refractivity contribution in [2.75, 3.05) is 25.1 Å². The molecule has 0 aromatic heterocycles. The highest BCUT2D eigenvalue weighted by molar-refractivity contribution is 5.42. The molecule has 1 aromatic rings. The number of nitrogens with zero attached hydrogens (tertiary/aromatic N) is 1. The number of nitrogens with one attached hydrogen (secondary N) is 1. The lowest BCUT2D eigenvalue weighted by Crippen LogP contribution is -2.38. The molecule has 0 atom stereocenters. The summed E-state index contributed by atoms with van der Waals surface area (Å²) in [6.07, 6.45) is 2.82. The molecule has 2 N–H and O–H groups in total. The predicted octanol–water partition coefficient (Wildman–Crippen LogP) is 2.39. The van der Waals surface area contributed by atoms with Gasteiger partial charge in [0.2, 0.25) is 0 Å². The number of benzene rings is 1. The fourth-order valence-corrected chi connectivity index (χ4v) is 2.32. The molecule has 1 fully saturated rings. The van der Waals surface area contributed by atoms with Gasteiger partial charge >= 0.3 is 0 Å². The molecule has 1 heterocycles. The molecule has 1 aromatic carbocycles. The number of halogens is 2. The Morgan fingerprint density at radius 3 is 2.33 bits per heavy atom. The molecule has 0 aliphatic carbocycles. The van der Waals surface area contributed by atoms with Crippen LogP contribution in [0.1, 0.15) is 19.3 Å². The maximum absolute atomic E-state index is 13.0. The first-order valence-corrected chi connectivity index (χ1v) is 6.26. The summed E-state index contributed by atoms with van der Waals surface area (Å²) in [7, 11) is 0. The van der Waals surface area contributed by atoms with Crippen molar-refractivity contribution in [3.63, 3.8) is 0 Å². The molecular weight excluding hydrogens is 238 g/mol. The second-order valence-corrected chi connectivity index (χ2v) is 4.71. The van der Waals surface area contributed by atoms with E-state index in [0.29, 0.717) is 11.6 Å². The standard InChI is InChI=1S/C13H18F2N2O/c14-11-7-12(15)9-13(8-11)16-17-4-1-10(2-5-17)3-6-18/h7-10,16,18H,1-6H2. The minimum Gasteiger partial charge on any atom is -0.396 e. The van der Waals surface area contributed by atoms with Crippen LogP contribution >= 0.6 is 0 Å². The van der Waals surface area contributed by atoms with Gasteiger partial charge in [-0.1, -0.05) is 0 Å². The average Bonchev–Trinajstić information content (AvgIpc) is 2.31. The van der Waals surface area contributed by atoms with E-state index in [-0.39, 0.29) is 6.61 Å². The smallest absolute Gasteiger partial charge is 0.128 e. The lowest BCUT2D eigenvalue weighted by atomic mass is 9.95. The number of hydrogen-bond donors (Lipinski definition) is 2. The molecule has 5 heteroatoms.